The summed E-state index contributed by atoms with van der Waals surface area (Å²) in [4.78, 5) is 9.34. The Kier molecular flexibility index (Phi) is 4.13. The average molecular weight is 325 g/mol. The highest BCUT2D eigenvalue weighted by atomic mass is 32.2. The van der Waals surface area contributed by atoms with E-state index in [0.29, 0.717) is 0 Å². The molecule has 22 heavy (non-hydrogen) atoms. The Morgan fingerprint density at radius 2 is 1.95 bits per heavy atom. The van der Waals surface area contributed by atoms with Crippen LogP contribution in [0.25, 0.3) is 0 Å². The van der Waals surface area contributed by atoms with Crippen molar-refractivity contribution in [2.45, 2.75) is 23.3 Å². The Balaban J connectivity index is 1.80. The molecule has 2 aliphatic rings. The molecule has 1 aromatic rings. The summed E-state index contributed by atoms with van der Waals surface area (Å²) in [6.07, 6.45) is 4.72. The molecule has 0 atom stereocenters. The van der Waals surface area contributed by atoms with Crippen LogP contribution in [0.5, 0.6) is 0 Å². The molecule has 1 aromatic heterocycles. The number of sulfone groups is 1. The molecule has 0 amide bonds. The standard InChI is InChI=1S/C15H23N3O3S/c1-17-7-8-18(12-15(17)5-9-21-10-6-15)14-4-3-13(11-16-14)22(2,19)20/h3-4,11H,5-10,12H2,1-2H3. The van der Waals surface area contributed by atoms with Gasteiger partial charge in [0, 0.05) is 50.8 Å². The second kappa shape index (κ2) is 5.79. The normalized spacial score (nSPS) is 22.9. The summed E-state index contributed by atoms with van der Waals surface area (Å²) in [7, 11) is -1.01. The number of rotatable bonds is 2. The maximum absolute atomic E-state index is 11.5. The van der Waals surface area contributed by atoms with Crippen molar-refractivity contribution in [2.24, 2.45) is 0 Å². The van der Waals surface area contributed by atoms with Gasteiger partial charge in [0.2, 0.25) is 0 Å². The summed E-state index contributed by atoms with van der Waals surface area (Å²) in [5.41, 5.74) is 0.147. The maximum Gasteiger partial charge on any atom is 0.177 e. The maximum atomic E-state index is 11.5. The van der Waals surface area contributed by atoms with E-state index in [2.05, 4.69) is 21.8 Å². The molecule has 2 aliphatic heterocycles. The van der Waals surface area contributed by atoms with E-state index >= 15 is 0 Å². The molecule has 1 spiro atoms. The van der Waals surface area contributed by atoms with Crippen LogP contribution in [0.3, 0.4) is 0 Å². The van der Waals surface area contributed by atoms with Crippen molar-refractivity contribution in [1.29, 1.82) is 0 Å². The van der Waals surface area contributed by atoms with Gasteiger partial charge in [-0.1, -0.05) is 0 Å². The number of pyridine rings is 1. The van der Waals surface area contributed by atoms with Crippen molar-refractivity contribution < 1.29 is 13.2 Å². The number of hydrogen-bond donors (Lipinski definition) is 0. The van der Waals surface area contributed by atoms with Gasteiger partial charge in [0.15, 0.2) is 9.84 Å². The van der Waals surface area contributed by atoms with Crippen LogP contribution in [0.2, 0.25) is 0 Å². The molecule has 0 aromatic carbocycles. The summed E-state index contributed by atoms with van der Waals surface area (Å²) in [6.45, 7) is 4.41. The average Bonchev–Trinajstić information content (AvgIpc) is 2.50. The zero-order valence-corrected chi connectivity index (χ0v) is 14.0. The molecular weight excluding hydrogens is 302 g/mol. The third-order valence-electron chi connectivity index (χ3n) is 4.90. The minimum Gasteiger partial charge on any atom is -0.381 e. The zero-order chi connectivity index (χ0) is 15.8. The molecule has 3 rings (SSSR count). The second-order valence-electron chi connectivity index (χ2n) is 6.30. The number of aromatic nitrogens is 1. The van der Waals surface area contributed by atoms with Crippen LogP contribution in [0.4, 0.5) is 5.82 Å². The molecule has 0 aliphatic carbocycles. The third-order valence-corrected chi connectivity index (χ3v) is 5.99. The van der Waals surface area contributed by atoms with Crippen LogP contribution in [0.1, 0.15) is 12.8 Å². The van der Waals surface area contributed by atoms with Gasteiger partial charge in [-0.3, -0.25) is 4.90 Å². The molecule has 0 saturated carbocycles. The molecule has 0 N–H and O–H groups in total. The fourth-order valence-corrected chi connectivity index (χ4v) is 3.89. The number of anilines is 1. The largest absolute Gasteiger partial charge is 0.381 e. The van der Waals surface area contributed by atoms with Crippen LogP contribution in [-0.2, 0) is 14.6 Å². The predicted octanol–water partition coefficient (Wildman–Crippen LogP) is 0.786. The van der Waals surface area contributed by atoms with Gasteiger partial charge in [0.1, 0.15) is 5.82 Å². The van der Waals surface area contributed by atoms with E-state index in [-0.39, 0.29) is 10.4 Å². The highest BCUT2D eigenvalue weighted by molar-refractivity contribution is 7.90. The van der Waals surface area contributed by atoms with E-state index in [9.17, 15) is 8.42 Å². The molecule has 0 bridgehead atoms. The SMILES string of the molecule is CN1CCN(c2ccc(S(C)(=O)=O)cn2)CC12CCOCC2. The monoisotopic (exact) mass is 325 g/mol. The molecule has 2 fully saturated rings. The molecule has 7 heteroatoms. The highest BCUT2D eigenvalue weighted by Gasteiger charge is 2.41. The second-order valence-corrected chi connectivity index (χ2v) is 8.32. The highest BCUT2D eigenvalue weighted by Crippen LogP contribution is 2.32. The summed E-state index contributed by atoms with van der Waals surface area (Å²) in [5, 5.41) is 0. The first kappa shape index (κ1) is 15.7. The molecule has 6 nitrogen and oxygen atoms in total. The van der Waals surface area contributed by atoms with Gasteiger partial charge in [0.25, 0.3) is 0 Å². The van der Waals surface area contributed by atoms with Crippen molar-refractivity contribution in [3.8, 4) is 0 Å². The van der Waals surface area contributed by atoms with Gasteiger partial charge >= 0.3 is 0 Å². The summed E-state index contributed by atoms with van der Waals surface area (Å²) in [6, 6.07) is 3.46. The smallest absolute Gasteiger partial charge is 0.177 e. The lowest BCUT2D eigenvalue weighted by Crippen LogP contribution is -2.63. The van der Waals surface area contributed by atoms with Gasteiger partial charge in [-0.2, -0.15) is 0 Å². The first-order chi connectivity index (χ1) is 10.4. The number of ether oxygens (including phenoxy) is 1. The lowest BCUT2D eigenvalue weighted by molar-refractivity contribution is -0.0221. The number of hydrogen-bond acceptors (Lipinski definition) is 6. The summed E-state index contributed by atoms with van der Waals surface area (Å²) >= 11 is 0. The fourth-order valence-electron chi connectivity index (χ4n) is 3.33. The van der Waals surface area contributed by atoms with Gasteiger partial charge < -0.3 is 9.64 Å². The van der Waals surface area contributed by atoms with Gasteiger partial charge in [-0.25, -0.2) is 13.4 Å². The third kappa shape index (κ3) is 2.98. The number of piperazine rings is 1. The van der Waals surface area contributed by atoms with E-state index in [1.54, 1.807) is 6.07 Å². The van der Waals surface area contributed by atoms with Crippen LogP contribution in [0, 0.1) is 0 Å². The minimum absolute atomic E-state index is 0.147. The number of nitrogens with zero attached hydrogens (tertiary/aromatic N) is 3. The molecular formula is C15H23N3O3S. The molecule has 122 valence electrons. The lowest BCUT2D eigenvalue weighted by Gasteiger charge is -2.51. The topological polar surface area (TPSA) is 62.7 Å². The quantitative estimate of drug-likeness (QED) is 0.801. The van der Waals surface area contributed by atoms with Crippen LogP contribution >= 0.6 is 0 Å². The van der Waals surface area contributed by atoms with E-state index in [1.165, 1.54) is 12.5 Å². The van der Waals surface area contributed by atoms with E-state index in [1.807, 2.05) is 6.07 Å². The van der Waals surface area contributed by atoms with Gasteiger partial charge in [-0.15, -0.1) is 0 Å². The van der Waals surface area contributed by atoms with E-state index < -0.39 is 9.84 Å². The summed E-state index contributed by atoms with van der Waals surface area (Å²) in [5.74, 6) is 0.853. The number of likely N-dealkylation sites (N-methyl/N-ethyl adjacent to an activating group) is 1. The van der Waals surface area contributed by atoms with Crippen molar-refractivity contribution in [3.63, 3.8) is 0 Å². The fraction of sp³-hybridized carbons (Fsp3) is 0.667. The first-order valence-corrected chi connectivity index (χ1v) is 9.50. The lowest BCUT2D eigenvalue weighted by atomic mass is 9.86. The minimum atomic E-state index is -3.19. The first-order valence-electron chi connectivity index (χ1n) is 7.61. The zero-order valence-electron chi connectivity index (χ0n) is 13.2. The summed E-state index contributed by atoms with van der Waals surface area (Å²) < 4.78 is 28.6. The molecule has 0 radical (unpaired) electrons. The van der Waals surface area contributed by atoms with E-state index in [4.69, 9.17) is 4.74 Å². The Morgan fingerprint density at radius 3 is 2.55 bits per heavy atom. The predicted molar refractivity (Wildman–Crippen MR) is 85.0 cm³/mol. The van der Waals surface area contributed by atoms with E-state index in [0.717, 1.165) is 51.5 Å². The molecule has 0 unspecified atom stereocenters. The Bertz CT molecular complexity index is 624. The van der Waals surface area contributed by atoms with Crippen LogP contribution < -0.4 is 4.90 Å². The van der Waals surface area contributed by atoms with Gasteiger partial charge in [0.05, 0.1) is 4.90 Å². The Morgan fingerprint density at radius 1 is 1.23 bits per heavy atom. The van der Waals surface area contributed by atoms with Crippen LogP contribution in [-0.4, -0.2) is 70.0 Å². The van der Waals surface area contributed by atoms with Crippen molar-refractivity contribution in [1.82, 2.24) is 9.88 Å². The van der Waals surface area contributed by atoms with Crippen molar-refractivity contribution >= 4 is 15.7 Å². The Hall–Kier alpha value is -1.18. The Labute approximate surface area is 132 Å². The van der Waals surface area contributed by atoms with Crippen molar-refractivity contribution in [3.05, 3.63) is 18.3 Å². The molecule has 2 saturated heterocycles. The van der Waals surface area contributed by atoms with Gasteiger partial charge in [-0.05, 0) is 32.0 Å². The molecule has 3 heterocycles. The van der Waals surface area contributed by atoms with Crippen LogP contribution in [0.15, 0.2) is 23.2 Å². The van der Waals surface area contributed by atoms with Crippen molar-refractivity contribution in [2.75, 3.05) is 51.1 Å².